The number of carboxylic acid groups (broad SMARTS) is 3. The van der Waals surface area contributed by atoms with Crippen LogP contribution in [-0.2, 0) is 14.4 Å². The Morgan fingerprint density at radius 3 is 0.674 bits per heavy atom. The third-order valence-corrected chi connectivity index (χ3v) is 3.29. The van der Waals surface area contributed by atoms with Crippen molar-refractivity contribution in [1.82, 2.24) is 31.1 Å². The van der Waals surface area contributed by atoms with Crippen LogP contribution in [0.1, 0.15) is 0 Å². The molecule has 0 aliphatic rings. The van der Waals surface area contributed by atoms with Gasteiger partial charge in [-0.3, -0.25) is 31.6 Å². The Hall–Kier alpha value is -5.68. The number of hydrogen-bond donors (Lipinski definition) is 15. The number of primary amides is 6. The van der Waals surface area contributed by atoms with Crippen molar-refractivity contribution >= 4 is 71.5 Å². The monoisotopic (exact) mass is 648 g/mol. The number of urea groups is 6. The van der Waals surface area contributed by atoms with Crippen molar-refractivity contribution in [2.45, 2.75) is 17.5 Å². The topological polar surface area (TPSA) is 546 Å². The predicted octanol–water partition coefficient (Wildman–Crippen LogP) is -12.9. The van der Waals surface area contributed by atoms with Gasteiger partial charge in [-0.25, -0.2) is 28.8 Å². The maximum Gasteiger partial charge on any atom is 3.00 e. The molecule has 0 saturated heterocycles. The third kappa shape index (κ3) is 13.0. The van der Waals surface area contributed by atoms with Gasteiger partial charge in [0.1, 0.15) is 17.9 Å². The van der Waals surface area contributed by atoms with Gasteiger partial charge in [-0.2, -0.15) is 0 Å². The number of aliphatic hydroxyl groups is 3. The van der Waals surface area contributed by atoms with E-state index < -0.39 is 86.8 Å². The summed E-state index contributed by atoms with van der Waals surface area (Å²) in [5.74, 6) is -17.7. The zero-order chi connectivity index (χ0) is 34.5. The number of carboxylic acids is 3. The second-order valence-corrected chi connectivity index (χ2v) is 6.30. The van der Waals surface area contributed by atoms with E-state index in [0.29, 0.717) is 0 Å². The number of nitrogens with two attached hydrogens (primary N) is 6. The molecule has 12 amide bonds. The Morgan fingerprint density at radius 2 is 0.605 bits per heavy atom. The summed E-state index contributed by atoms with van der Waals surface area (Å²) in [4.78, 5) is 92.3. The van der Waals surface area contributed by atoms with Gasteiger partial charge >= 0.3 is 53.5 Å². The number of aliphatic carboxylic acids is 3. The SMILES string of the molecule is NC(=O)NC(O)(C(=O)[O-])N(O)C(N)=O.NC(=O)NC(O)(C(=O)[O-])N(O)C(N)=O.NC(=O)NC(O)(C(=O)[O-])N(O)C(N)=O.[Al+3]. The summed E-state index contributed by atoms with van der Waals surface area (Å²) in [5, 5.41) is 84.7. The van der Waals surface area contributed by atoms with Crippen LogP contribution < -0.4 is 65.7 Å². The molecule has 3 atom stereocenters. The zero-order valence-corrected chi connectivity index (χ0v) is 21.6. The Balaban J connectivity index is -0.000000262. The van der Waals surface area contributed by atoms with Gasteiger partial charge in [-0.15, -0.1) is 15.2 Å². The van der Waals surface area contributed by atoms with E-state index >= 15 is 0 Å². The van der Waals surface area contributed by atoms with Gasteiger partial charge in [0, 0.05) is 0 Å². The van der Waals surface area contributed by atoms with Crippen LogP contribution in [0.4, 0.5) is 28.8 Å². The first-order valence-electron chi connectivity index (χ1n) is 9.04. The van der Waals surface area contributed by atoms with E-state index in [9.17, 15) is 58.5 Å². The van der Waals surface area contributed by atoms with Crippen LogP contribution in [0.3, 0.4) is 0 Å². The number of nitrogens with zero attached hydrogens (tertiary/aromatic N) is 3. The molecule has 21 N–H and O–H groups in total. The van der Waals surface area contributed by atoms with Gasteiger partial charge in [0.2, 0.25) is 0 Å². The van der Waals surface area contributed by atoms with Crippen LogP contribution in [0.2, 0.25) is 0 Å². The van der Waals surface area contributed by atoms with Crippen molar-refractivity contribution in [3.63, 3.8) is 0 Å². The third-order valence-electron chi connectivity index (χ3n) is 3.29. The van der Waals surface area contributed by atoms with E-state index in [1.165, 1.54) is 0 Å². The van der Waals surface area contributed by atoms with Crippen LogP contribution in [0.15, 0.2) is 0 Å². The quantitative estimate of drug-likeness (QED) is 0.0477. The molecule has 0 fully saturated rings. The summed E-state index contributed by atoms with van der Waals surface area (Å²) in [5.41, 5.74) is 26.7. The minimum atomic E-state index is -3.50. The van der Waals surface area contributed by atoms with Gasteiger partial charge in [0.25, 0.3) is 17.5 Å². The van der Waals surface area contributed by atoms with Gasteiger partial charge < -0.3 is 79.4 Å². The van der Waals surface area contributed by atoms with Crippen molar-refractivity contribution in [1.29, 1.82) is 0 Å². The zero-order valence-electron chi connectivity index (χ0n) is 20.5. The molecular formula is C12H21AlN12O18. The molecule has 43 heavy (non-hydrogen) atoms. The largest absolute Gasteiger partial charge is 3.00 e. The van der Waals surface area contributed by atoms with E-state index in [-0.39, 0.29) is 17.4 Å². The first-order valence-corrected chi connectivity index (χ1v) is 9.04. The molecule has 31 heteroatoms. The molecule has 0 aliphatic heterocycles. The van der Waals surface area contributed by atoms with E-state index in [1.807, 2.05) is 0 Å². The number of nitrogens with one attached hydrogen (secondary N) is 3. The molecule has 0 bridgehead atoms. The van der Waals surface area contributed by atoms with Crippen LogP contribution in [0, 0.1) is 0 Å². The fourth-order valence-corrected chi connectivity index (χ4v) is 1.57. The average Bonchev–Trinajstić information content (AvgIpc) is 2.81. The first kappa shape index (κ1) is 44.3. The average molecular weight is 648 g/mol. The summed E-state index contributed by atoms with van der Waals surface area (Å²) in [6, 6.07) is -9.74. The minimum Gasteiger partial charge on any atom is -0.543 e. The second kappa shape index (κ2) is 17.2. The summed E-state index contributed by atoms with van der Waals surface area (Å²) >= 11 is 0. The molecule has 0 spiro atoms. The van der Waals surface area contributed by atoms with Crippen molar-refractivity contribution in [2.75, 3.05) is 0 Å². The fourth-order valence-electron chi connectivity index (χ4n) is 1.57. The van der Waals surface area contributed by atoms with Crippen molar-refractivity contribution in [3.8, 4) is 0 Å². The predicted molar refractivity (Wildman–Crippen MR) is 113 cm³/mol. The number of carbonyl (C=O) groups is 9. The summed E-state index contributed by atoms with van der Waals surface area (Å²) in [7, 11) is 0. The summed E-state index contributed by atoms with van der Waals surface area (Å²) in [6.07, 6.45) is 0. The molecular weight excluding hydrogens is 627 g/mol. The molecule has 0 aromatic carbocycles. The normalized spacial score (nSPS) is 13.5. The maximum absolute atomic E-state index is 10.3. The Labute approximate surface area is 244 Å². The summed E-state index contributed by atoms with van der Waals surface area (Å²) < 4.78 is 0. The molecule has 0 saturated carbocycles. The molecule has 240 valence electrons. The Kier molecular flexibility index (Phi) is 17.7. The van der Waals surface area contributed by atoms with E-state index in [4.69, 9.17) is 30.9 Å². The van der Waals surface area contributed by atoms with E-state index in [0.717, 1.165) is 16.0 Å². The Bertz CT molecular complexity index is 977. The second-order valence-electron chi connectivity index (χ2n) is 6.30. The number of amides is 12. The van der Waals surface area contributed by atoms with Crippen molar-refractivity contribution < 1.29 is 89.4 Å². The molecule has 0 aromatic rings. The summed E-state index contributed by atoms with van der Waals surface area (Å²) in [6.45, 7) is 0. The number of hydrogen-bond acceptors (Lipinski definition) is 18. The van der Waals surface area contributed by atoms with Gasteiger partial charge in [-0.05, 0) is 0 Å². The van der Waals surface area contributed by atoms with Crippen LogP contribution >= 0.6 is 0 Å². The first-order chi connectivity index (χ1) is 18.6. The smallest absolute Gasteiger partial charge is 0.543 e. The maximum atomic E-state index is 10.3. The van der Waals surface area contributed by atoms with Crippen LogP contribution in [0.25, 0.3) is 0 Å². The van der Waals surface area contributed by atoms with Crippen LogP contribution in [-0.4, -0.2) is 135 Å². The molecule has 0 radical (unpaired) electrons. The number of hydroxylamine groups is 6. The van der Waals surface area contributed by atoms with Crippen molar-refractivity contribution in [2.24, 2.45) is 34.4 Å². The fraction of sp³-hybridized carbons (Fsp3) is 0.250. The van der Waals surface area contributed by atoms with Crippen molar-refractivity contribution in [3.05, 3.63) is 0 Å². The minimum absolute atomic E-state index is 0. The number of rotatable bonds is 9. The molecule has 0 heterocycles. The van der Waals surface area contributed by atoms with E-state index in [2.05, 4.69) is 34.4 Å². The Morgan fingerprint density at radius 1 is 0.465 bits per heavy atom. The van der Waals surface area contributed by atoms with Crippen LogP contribution in [0.5, 0.6) is 0 Å². The molecule has 30 nitrogen and oxygen atoms in total. The molecule has 0 aromatic heterocycles. The molecule has 3 unspecified atom stereocenters. The van der Waals surface area contributed by atoms with Gasteiger partial charge in [-0.1, -0.05) is 0 Å². The van der Waals surface area contributed by atoms with Gasteiger partial charge in [0.05, 0.1) is 0 Å². The standard InChI is InChI=1S/3C4H8N4O6.Al/c3*5-2(11)7-4(13,1(9)10)8(14)3(6)12;/h3*13-14H,(H2,6,12)(H,9,10)(H3,5,7,11);/q;;;+3/p-3. The number of carbonyl (C=O) groups excluding carboxylic acids is 9. The molecule has 0 aliphatic carbocycles. The molecule has 0 rings (SSSR count). The van der Waals surface area contributed by atoms with E-state index in [1.54, 1.807) is 0 Å². The van der Waals surface area contributed by atoms with Gasteiger partial charge in [0.15, 0.2) is 0 Å².